The van der Waals surface area contributed by atoms with E-state index >= 15 is 0 Å². The average molecular weight is 462 g/mol. The van der Waals surface area contributed by atoms with Gasteiger partial charge in [-0.2, -0.15) is 0 Å². The van der Waals surface area contributed by atoms with Crippen molar-refractivity contribution in [3.8, 4) is 5.75 Å². The van der Waals surface area contributed by atoms with E-state index in [1.807, 2.05) is 49.6 Å². The summed E-state index contributed by atoms with van der Waals surface area (Å²) >= 11 is 1.45. The van der Waals surface area contributed by atoms with Gasteiger partial charge in [0, 0.05) is 16.1 Å². The number of ether oxygens (including phenoxy) is 1. The van der Waals surface area contributed by atoms with E-state index in [1.54, 1.807) is 24.3 Å². The highest BCUT2D eigenvalue weighted by Gasteiger charge is 2.47. The molecule has 1 aromatic heterocycles. The third kappa shape index (κ3) is 4.44. The highest BCUT2D eigenvalue weighted by molar-refractivity contribution is 7.10. The summed E-state index contributed by atoms with van der Waals surface area (Å²) in [5, 5.41) is 13.1. The molecule has 33 heavy (non-hydrogen) atoms. The predicted octanol–water partition coefficient (Wildman–Crippen LogP) is 6.03. The summed E-state index contributed by atoms with van der Waals surface area (Å²) in [6.07, 6.45) is 0. The van der Waals surface area contributed by atoms with Crippen LogP contribution in [0.5, 0.6) is 5.75 Å². The van der Waals surface area contributed by atoms with Crippen LogP contribution in [0.1, 0.15) is 41.5 Å². The Hall–Kier alpha value is -3.38. The molecule has 1 amide bonds. The SMILES string of the molecule is Cc1ccc(N2C(=O)C(=O)/C(=C(\O)c3ccc(OCC(C)C)cc3)C2c2cccs2)cc1C. The van der Waals surface area contributed by atoms with E-state index in [2.05, 4.69) is 13.8 Å². The van der Waals surface area contributed by atoms with Gasteiger partial charge < -0.3 is 9.84 Å². The van der Waals surface area contributed by atoms with Crippen LogP contribution in [-0.4, -0.2) is 23.4 Å². The second-order valence-electron chi connectivity index (χ2n) is 8.68. The fourth-order valence-corrected chi connectivity index (χ4v) is 4.64. The minimum Gasteiger partial charge on any atom is -0.507 e. The number of carbonyl (C=O) groups is 2. The number of rotatable bonds is 6. The molecule has 1 aliphatic rings. The average Bonchev–Trinajstić information content (AvgIpc) is 3.41. The Morgan fingerprint density at radius 1 is 1.06 bits per heavy atom. The maximum Gasteiger partial charge on any atom is 0.300 e. The Labute approximate surface area is 197 Å². The van der Waals surface area contributed by atoms with Gasteiger partial charge in [-0.1, -0.05) is 26.0 Å². The summed E-state index contributed by atoms with van der Waals surface area (Å²) in [6, 6.07) is 15.7. The van der Waals surface area contributed by atoms with E-state index in [0.717, 1.165) is 16.0 Å². The van der Waals surface area contributed by atoms with Crippen molar-refractivity contribution in [2.45, 2.75) is 33.7 Å². The van der Waals surface area contributed by atoms with Gasteiger partial charge >= 0.3 is 0 Å². The molecule has 1 saturated heterocycles. The van der Waals surface area contributed by atoms with E-state index in [-0.39, 0.29) is 11.3 Å². The number of thiophene rings is 1. The van der Waals surface area contributed by atoms with Crippen LogP contribution >= 0.6 is 11.3 Å². The van der Waals surface area contributed by atoms with E-state index in [4.69, 9.17) is 4.74 Å². The van der Waals surface area contributed by atoms with Crippen LogP contribution in [0.2, 0.25) is 0 Å². The third-order valence-electron chi connectivity index (χ3n) is 5.74. The van der Waals surface area contributed by atoms with Gasteiger partial charge in [0.25, 0.3) is 11.7 Å². The summed E-state index contributed by atoms with van der Waals surface area (Å²) < 4.78 is 5.72. The maximum atomic E-state index is 13.2. The van der Waals surface area contributed by atoms with Crippen molar-refractivity contribution < 1.29 is 19.4 Å². The van der Waals surface area contributed by atoms with E-state index in [9.17, 15) is 14.7 Å². The molecule has 0 spiro atoms. The molecule has 0 radical (unpaired) electrons. The number of hydrogen-bond acceptors (Lipinski definition) is 5. The second kappa shape index (κ2) is 9.24. The first-order chi connectivity index (χ1) is 15.8. The monoisotopic (exact) mass is 461 g/mol. The van der Waals surface area contributed by atoms with Gasteiger partial charge in [0.2, 0.25) is 0 Å². The first-order valence-electron chi connectivity index (χ1n) is 10.9. The number of aliphatic hydroxyl groups excluding tert-OH is 1. The first kappa shape index (κ1) is 22.8. The zero-order chi connectivity index (χ0) is 23.7. The van der Waals surface area contributed by atoms with Crippen LogP contribution in [0.15, 0.2) is 65.6 Å². The molecule has 6 heteroatoms. The Balaban J connectivity index is 1.79. The highest BCUT2D eigenvalue weighted by atomic mass is 32.1. The predicted molar refractivity (Wildman–Crippen MR) is 132 cm³/mol. The number of amides is 1. The molecular weight excluding hydrogens is 434 g/mol. The summed E-state index contributed by atoms with van der Waals surface area (Å²) in [7, 11) is 0. The number of ketones is 1. The molecular formula is C27H27NO4S. The van der Waals surface area contributed by atoms with Crippen molar-refractivity contribution in [1.29, 1.82) is 0 Å². The molecule has 1 fully saturated rings. The Bertz CT molecular complexity index is 1210. The van der Waals surface area contributed by atoms with Gasteiger partial charge in [0.05, 0.1) is 12.2 Å². The van der Waals surface area contributed by atoms with Crippen LogP contribution in [0.4, 0.5) is 5.69 Å². The Morgan fingerprint density at radius 3 is 2.39 bits per heavy atom. The topological polar surface area (TPSA) is 66.8 Å². The van der Waals surface area contributed by atoms with E-state index in [1.165, 1.54) is 16.2 Å². The standard InChI is InChI=1S/C27H27NO4S/c1-16(2)15-32-21-11-8-19(9-12-21)25(29)23-24(22-6-5-13-33-22)28(27(31)26(23)30)20-10-7-17(3)18(4)14-20/h5-14,16,24,29H,15H2,1-4H3/b25-23-. The molecule has 0 bridgehead atoms. The number of aryl methyl sites for hydroxylation is 2. The van der Waals surface area contributed by atoms with Crippen molar-refractivity contribution in [3.63, 3.8) is 0 Å². The lowest BCUT2D eigenvalue weighted by Crippen LogP contribution is -2.29. The number of carbonyl (C=O) groups excluding carboxylic acids is 2. The first-order valence-corrected chi connectivity index (χ1v) is 11.8. The highest BCUT2D eigenvalue weighted by Crippen LogP contribution is 2.43. The van der Waals surface area contributed by atoms with Crippen LogP contribution in [0, 0.1) is 19.8 Å². The van der Waals surface area contributed by atoms with Crippen LogP contribution < -0.4 is 9.64 Å². The number of anilines is 1. The summed E-state index contributed by atoms with van der Waals surface area (Å²) in [5.74, 6) is -0.441. The molecule has 4 rings (SSSR count). The number of benzene rings is 2. The van der Waals surface area contributed by atoms with Crippen molar-refractivity contribution in [2.75, 3.05) is 11.5 Å². The molecule has 5 nitrogen and oxygen atoms in total. The molecule has 1 aliphatic heterocycles. The minimum atomic E-state index is -0.691. The van der Waals surface area contributed by atoms with Crippen LogP contribution in [0.25, 0.3) is 5.76 Å². The number of aliphatic hydroxyl groups is 1. The molecule has 2 heterocycles. The van der Waals surface area contributed by atoms with Gasteiger partial charge in [0.15, 0.2) is 0 Å². The van der Waals surface area contributed by atoms with E-state index in [0.29, 0.717) is 29.5 Å². The fraction of sp³-hybridized carbons (Fsp3) is 0.259. The third-order valence-corrected chi connectivity index (χ3v) is 6.66. The summed E-state index contributed by atoms with van der Waals surface area (Å²) in [5.41, 5.74) is 3.32. The van der Waals surface area contributed by atoms with Crippen LogP contribution in [0.3, 0.4) is 0 Å². The molecule has 2 aromatic carbocycles. The van der Waals surface area contributed by atoms with Gasteiger partial charge in [-0.05, 0) is 78.7 Å². The number of nitrogens with zero attached hydrogens (tertiary/aromatic N) is 1. The lowest BCUT2D eigenvalue weighted by atomic mass is 9.99. The summed E-state index contributed by atoms with van der Waals surface area (Å²) in [4.78, 5) is 28.7. The Morgan fingerprint density at radius 2 is 1.79 bits per heavy atom. The molecule has 0 saturated carbocycles. The molecule has 1 N–H and O–H groups in total. The maximum absolute atomic E-state index is 13.2. The zero-order valence-corrected chi connectivity index (χ0v) is 20.0. The summed E-state index contributed by atoms with van der Waals surface area (Å²) in [6.45, 7) is 8.69. The van der Waals surface area contributed by atoms with Crippen molar-refractivity contribution in [1.82, 2.24) is 0 Å². The lowest BCUT2D eigenvalue weighted by Gasteiger charge is -2.24. The lowest BCUT2D eigenvalue weighted by molar-refractivity contribution is -0.132. The fourth-order valence-electron chi connectivity index (χ4n) is 3.82. The van der Waals surface area contributed by atoms with E-state index < -0.39 is 17.7 Å². The molecule has 170 valence electrons. The molecule has 3 aromatic rings. The zero-order valence-electron chi connectivity index (χ0n) is 19.2. The van der Waals surface area contributed by atoms with Gasteiger partial charge in [-0.3, -0.25) is 14.5 Å². The van der Waals surface area contributed by atoms with Gasteiger partial charge in [-0.25, -0.2) is 0 Å². The minimum absolute atomic E-state index is 0.0940. The number of hydrogen-bond donors (Lipinski definition) is 1. The number of Topliss-reactive ketones (excluding diaryl/α,β-unsaturated/α-hetero) is 1. The van der Waals surface area contributed by atoms with Crippen molar-refractivity contribution in [3.05, 3.63) is 87.1 Å². The Kier molecular flexibility index (Phi) is 6.38. The second-order valence-corrected chi connectivity index (χ2v) is 9.66. The van der Waals surface area contributed by atoms with Crippen molar-refractivity contribution in [2.24, 2.45) is 5.92 Å². The smallest absolute Gasteiger partial charge is 0.300 e. The van der Waals surface area contributed by atoms with Crippen LogP contribution in [-0.2, 0) is 9.59 Å². The normalized spacial score (nSPS) is 17.7. The van der Waals surface area contributed by atoms with Gasteiger partial charge in [0.1, 0.15) is 17.6 Å². The molecule has 0 aliphatic carbocycles. The largest absolute Gasteiger partial charge is 0.507 e. The quantitative estimate of drug-likeness (QED) is 0.277. The van der Waals surface area contributed by atoms with Gasteiger partial charge in [-0.15, -0.1) is 11.3 Å². The molecule has 1 unspecified atom stereocenters. The van der Waals surface area contributed by atoms with Crippen molar-refractivity contribution >= 4 is 34.5 Å². The molecule has 1 atom stereocenters.